The van der Waals surface area contributed by atoms with Crippen molar-refractivity contribution >= 4 is 22.9 Å². The van der Waals surface area contributed by atoms with E-state index in [0.29, 0.717) is 11.5 Å². The zero-order valence-corrected chi connectivity index (χ0v) is 12.7. The Morgan fingerprint density at radius 1 is 1.08 bits per heavy atom. The van der Waals surface area contributed by atoms with Gasteiger partial charge in [-0.25, -0.2) is 9.98 Å². The quantitative estimate of drug-likeness (QED) is 0.746. The number of hydrogen-bond acceptors (Lipinski definition) is 5. The van der Waals surface area contributed by atoms with E-state index < -0.39 is 12.5 Å². The number of aromatic nitrogens is 2. The molecule has 0 radical (unpaired) electrons. The molecule has 1 atom stereocenters. The van der Waals surface area contributed by atoms with Crippen LogP contribution in [0.25, 0.3) is 11.0 Å². The third kappa shape index (κ3) is 2.84. The van der Waals surface area contributed by atoms with Gasteiger partial charge in [0.2, 0.25) is 5.95 Å². The number of nitrogens with two attached hydrogens (primary N) is 1. The molecule has 2 heterocycles. The molecule has 0 unspecified atom stereocenters. The molecule has 0 amide bonds. The Bertz CT molecular complexity index is 962. The van der Waals surface area contributed by atoms with Gasteiger partial charge in [-0.1, -0.05) is 24.3 Å². The number of alkyl halides is 3. The number of nitrogens with zero attached hydrogens (tertiary/aromatic N) is 3. The molecule has 4 rings (SSSR count). The molecule has 0 bridgehead atoms. The first-order chi connectivity index (χ1) is 11.9. The summed E-state index contributed by atoms with van der Waals surface area (Å²) < 4.78 is 42.6. The Morgan fingerprint density at radius 3 is 2.52 bits per heavy atom. The van der Waals surface area contributed by atoms with Crippen LogP contribution in [0.5, 0.6) is 5.75 Å². The predicted octanol–water partition coefficient (Wildman–Crippen LogP) is 3.22. The van der Waals surface area contributed by atoms with E-state index in [4.69, 9.17) is 5.73 Å². The maximum absolute atomic E-state index is 12.3. The van der Waals surface area contributed by atoms with Crippen molar-refractivity contribution in [3.8, 4) is 5.75 Å². The van der Waals surface area contributed by atoms with Gasteiger partial charge in [-0.2, -0.15) is 0 Å². The molecule has 2 aromatic carbocycles. The van der Waals surface area contributed by atoms with Crippen molar-refractivity contribution in [2.45, 2.75) is 12.5 Å². The molecule has 3 N–H and O–H groups in total. The van der Waals surface area contributed by atoms with Gasteiger partial charge in [-0.3, -0.25) is 9.88 Å². The number of aliphatic imine (C=N–C) groups is 1. The summed E-state index contributed by atoms with van der Waals surface area (Å²) >= 11 is 0. The van der Waals surface area contributed by atoms with Crippen LogP contribution in [0.15, 0.2) is 53.5 Å². The van der Waals surface area contributed by atoms with Gasteiger partial charge in [0.1, 0.15) is 5.75 Å². The predicted molar refractivity (Wildman–Crippen MR) is 86.2 cm³/mol. The molecule has 128 valence electrons. The van der Waals surface area contributed by atoms with Gasteiger partial charge < -0.3 is 10.5 Å². The minimum Gasteiger partial charge on any atom is -0.406 e. The van der Waals surface area contributed by atoms with Crippen LogP contribution in [0.2, 0.25) is 0 Å². The van der Waals surface area contributed by atoms with E-state index in [1.165, 1.54) is 24.3 Å². The van der Waals surface area contributed by atoms with Crippen LogP contribution in [0, 0.1) is 0 Å². The number of ether oxygens (including phenoxy) is 1. The fraction of sp³-hybridized carbons (Fsp3) is 0.125. The number of halogens is 3. The summed E-state index contributed by atoms with van der Waals surface area (Å²) in [6, 6.07) is 13.0. The van der Waals surface area contributed by atoms with Crippen molar-refractivity contribution in [1.82, 2.24) is 9.55 Å². The van der Waals surface area contributed by atoms with E-state index in [-0.39, 0.29) is 11.7 Å². The Balaban J connectivity index is 1.76. The zero-order chi connectivity index (χ0) is 17.6. The van der Waals surface area contributed by atoms with E-state index >= 15 is 0 Å². The van der Waals surface area contributed by atoms with Gasteiger partial charge in [0, 0.05) is 0 Å². The van der Waals surface area contributed by atoms with E-state index in [1.807, 2.05) is 28.8 Å². The number of para-hydroxylation sites is 2. The summed E-state index contributed by atoms with van der Waals surface area (Å²) in [4.78, 5) is 8.83. The number of imidazole rings is 1. The summed E-state index contributed by atoms with van der Waals surface area (Å²) in [6.45, 7) is 0. The Morgan fingerprint density at radius 2 is 1.80 bits per heavy atom. The molecule has 0 spiro atoms. The fourth-order valence-corrected chi connectivity index (χ4v) is 2.78. The number of rotatable bonds is 2. The van der Waals surface area contributed by atoms with E-state index in [9.17, 15) is 13.2 Å². The summed E-state index contributed by atoms with van der Waals surface area (Å²) in [5.41, 5.74) is 8.08. The van der Waals surface area contributed by atoms with Gasteiger partial charge >= 0.3 is 6.36 Å². The van der Waals surface area contributed by atoms with Crippen LogP contribution in [-0.4, -0.2) is 21.9 Å². The first-order valence-electron chi connectivity index (χ1n) is 7.34. The lowest BCUT2D eigenvalue weighted by Crippen LogP contribution is -2.31. The monoisotopic (exact) mass is 347 g/mol. The average Bonchev–Trinajstić information content (AvgIpc) is 2.91. The molecule has 0 aliphatic carbocycles. The van der Waals surface area contributed by atoms with Crippen molar-refractivity contribution in [2.75, 3.05) is 5.32 Å². The minimum atomic E-state index is -4.73. The van der Waals surface area contributed by atoms with Crippen LogP contribution in [0.1, 0.15) is 11.7 Å². The first-order valence-corrected chi connectivity index (χ1v) is 7.34. The topological polar surface area (TPSA) is 77.5 Å². The number of guanidine groups is 1. The van der Waals surface area contributed by atoms with Crippen molar-refractivity contribution in [2.24, 2.45) is 10.7 Å². The highest BCUT2D eigenvalue weighted by Crippen LogP contribution is 2.33. The maximum atomic E-state index is 12.3. The van der Waals surface area contributed by atoms with Gasteiger partial charge in [0.25, 0.3) is 0 Å². The van der Waals surface area contributed by atoms with Crippen molar-refractivity contribution in [3.05, 3.63) is 54.1 Å². The lowest BCUT2D eigenvalue weighted by Gasteiger charge is -2.24. The van der Waals surface area contributed by atoms with Crippen LogP contribution in [0.3, 0.4) is 0 Å². The van der Waals surface area contributed by atoms with Gasteiger partial charge in [-0.15, -0.1) is 13.2 Å². The number of hydrogen-bond donors (Lipinski definition) is 2. The number of benzene rings is 2. The molecule has 0 saturated heterocycles. The van der Waals surface area contributed by atoms with E-state index in [0.717, 1.165) is 11.0 Å². The van der Waals surface area contributed by atoms with Crippen molar-refractivity contribution in [3.63, 3.8) is 0 Å². The third-order valence-corrected chi connectivity index (χ3v) is 3.75. The lowest BCUT2D eigenvalue weighted by molar-refractivity contribution is -0.274. The smallest absolute Gasteiger partial charge is 0.406 e. The van der Waals surface area contributed by atoms with Crippen LogP contribution in [0.4, 0.5) is 19.1 Å². The van der Waals surface area contributed by atoms with Gasteiger partial charge in [-0.05, 0) is 29.8 Å². The maximum Gasteiger partial charge on any atom is 0.573 e. The Kier molecular flexibility index (Phi) is 3.31. The molecular weight excluding hydrogens is 335 g/mol. The van der Waals surface area contributed by atoms with Crippen LogP contribution in [-0.2, 0) is 0 Å². The second-order valence-corrected chi connectivity index (χ2v) is 5.42. The Hall–Kier alpha value is -3.23. The number of fused-ring (bicyclic) bond motifs is 3. The van der Waals surface area contributed by atoms with Crippen molar-refractivity contribution in [1.29, 1.82) is 0 Å². The molecule has 1 aromatic heterocycles. The molecule has 0 saturated carbocycles. The fourth-order valence-electron chi connectivity index (χ4n) is 2.78. The molecule has 6 nitrogen and oxygen atoms in total. The minimum absolute atomic E-state index is 0.184. The first kappa shape index (κ1) is 15.3. The van der Waals surface area contributed by atoms with E-state index in [1.54, 1.807) is 0 Å². The molecule has 1 aliphatic rings. The highest BCUT2D eigenvalue weighted by Gasteiger charge is 2.31. The third-order valence-electron chi connectivity index (χ3n) is 3.75. The normalized spacial score (nSPS) is 16.9. The molecule has 3 aromatic rings. The Labute approximate surface area is 139 Å². The largest absolute Gasteiger partial charge is 0.573 e. The summed E-state index contributed by atoms with van der Waals surface area (Å²) in [5.74, 6) is 0.413. The highest BCUT2D eigenvalue weighted by atomic mass is 19.4. The molecule has 25 heavy (non-hydrogen) atoms. The molecule has 9 heteroatoms. The summed E-state index contributed by atoms with van der Waals surface area (Å²) in [5, 5.41) is 2.90. The second kappa shape index (κ2) is 5.40. The van der Waals surface area contributed by atoms with Gasteiger partial charge in [0.05, 0.1) is 11.0 Å². The number of nitrogens with one attached hydrogen (secondary N) is 1. The lowest BCUT2D eigenvalue weighted by atomic mass is 10.1. The standard InChI is InChI=1S/C16H12F3N5O/c17-16(18,19)25-10-7-5-9(6-8-10)13-22-14(20)23-15-21-11-3-1-2-4-12(11)24(13)15/h1-8,13H,(H3,20,21,22,23)/t13-/m1/s1. The van der Waals surface area contributed by atoms with Gasteiger partial charge in [0.15, 0.2) is 12.1 Å². The second-order valence-electron chi connectivity index (χ2n) is 5.42. The summed E-state index contributed by atoms with van der Waals surface area (Å²) in [6.07, 6.45) is -5.27. The number of anilines is 1. The average molecular weight is 347 g/mol. The van der Waals surface area contributed by atoms with Crippen LogP contribution >= 0.6 is 0 Å². The van der Waals surface area contributed by atoms with Crippen LogP contribution < -0.4 is 15.8 Å². The van der Waals surface area contributed by atoms with E-state index in [2.05, 4.69) is 20.0 Å². The summed E-state index contributed by atoms with van der Waals surface area (Å²) in [7, 11) is 0. The zero-order valence-electron chi connectivity index (χ0n) is 12.7. The molecular formula is C16H12F3N5O. The highest BCUT2D eigenvalue weighted by molar-refractivity contribution is 5.94. The molecule has 1 aliphatic heterocycles. The SMILES string of the molecule is NC1=N[C@@H](c2ccc(OC(F)(F)F)cc2)n2c(nc3ccccc32)N1. The van der Waals surface area contributed by atoms with Crippen molar-refractivity contribution < 1.29 is 17.9 Å². The molecule has 0 fully saturated rings.